The largest absolute Gasteiger partial charge is 0.376 e. The van der Waals surface area contributed by atoms with Gasteiger partial charge in [0.05, 0.1) is 23.8 Å². The fourth-order valence-electron chi connectivity index (χ4n) is 2.86. The number of nitriles is 1. The number of pyridine rings is 1. The normalized spacial score (nSPS) is 17.3. The van der Waals surface area contributed by atoms with Gasteiger partial charge in [0, 0.05) is 12.8 Å². The van der Waals surface area contributed by atoms with E-state index in [9.17, 15) is 10.1 Å². The smallest absolute Gasteiger partial charge is 0.251 e. The van der Waals surface area contributed by atoms with Crippen molar-refractivity contribution >= 4 is 17.2 Å². The summed E-state index contributed by atoms with van der Waals surface area (Å²) in [6.45, 7) is 3.01. The minimum atomic E-state index is -0.275. The van der Waals surface area contributed by atoms with Crippen molar-refractivity contribution in [2.24, 2.45) is 0 Å². The second kappa shape index (κ2) is 6.82. The summed E-state index contributed by atoms with van der Waals surface area (Å²) < 4.78 is 12.7. The third-order valence-electron chi connectivity index (χ3n) is 4.03. The van der Waals surface area contributed by atoms with Crippen LogP contribution in [0.1, 0.15) is 24.0 Å². The van der Waals surface area contributed by atoms with E-state index in [1.165, 1.54) is 0 Å². The molecular weight excluding hydrogens is 294 g/mol. The van der Waals surface area contributed by atoms with Crippen molar-refractivity contribution < 1.29 is 14.3 Å². The minimum absolute atomic E-state index is 0.0517. The van der Waals surface area contributed by atoms with Crippen LogP contribution in [0.4, 0.5) is 5.82 Å². The molecule has 0 aromatic carbocycles. The maximum absolute atomic E-state index is 12.1. The van der Waals surface area contributed by atoms with Gasteiger partial charge in [0.25, 0.3) is 5.91 Å². The summed E-state index contributed by atoms with van der Waals surface area (Å²) in [4.78, 5) is 12.1. The quantitative estimate of drug-likeness (QED) is 0.918. The molecule has 2 aromatic rings. The summed E-state index contributed by atoms with van der Waals surface area (Å²) in [7, 11) is 0. The van der Waals surface area contributed by atoms with Crippen molar-refractivity contribution in [3.63, 3.8) is 0 Å². The van der Waals surface area contributed by atoms with Crippen LogP contribution in [0, 0.1) is 18.3 Å². The number of aromatic nitrogens is 1. The number of amides is 1. The first kappa shape index (κ1) is 15.5. The van der Waals surface area contributed by atoms with Crippen molar-refractivity contribution in [2.45, 2.75) is 25.9 Å². The Balaban J connectivity index is 1.68. The second-order valence-electron chi connectivity index (χ2n) is 5.61. The highest BCUT2D eigenvalue weighted by Gasteiger charge is 2.18. The van der Waals surface area contributed by atoms with E-state index >= 15 is 0 Å². The molecule has 6 heteroatoms. The molecule has 0 bridgehead atoms. The summed E-state index contributed by atoms with van der Waals surface area (Å²) >= 11 is 0. The van der Waals surface area contributed by atoms with Gasteiger partial charge in [-0.15, -0.1) is 0 Å². The lowest BCUT2D eigenvalue weighted by molar-refractivity contribution is -0.121. The van der Waals surface area contributed by atoms with Gasteiger partial charge >= 0.3 is 0 Å². The fraction of sp³-hybridized carbons (Fsp3) is 0.412. The molecule has 23 heavy (non-hydrogen) atoms. The van der Waals surface area contributed by atoms with Gasteiger partial charge in [0.15, 0.2) is 0 Å². The van der Waals surface area contributed by atoms with E-state index in [1.807, 2.05) is 35.7 Å². The minimum Gasteiger partial charge on any atom is -0.376 e. The highest BCUT2D eigenvalue weighted by molar-refractivity contribution is 5.94. The maximum atomic E-state index is 12.1. The first-order valence-corrected chi connectivity index (χ1v) is 7.69. The van der Waals surface area contributed by atoms with E-state index in [0.29, 0.717) is 18.0 Å². The number of fused-ring (bicyclic) bond motifs is 1. The molecule has 0 radical (unpaired) electrons. The number of carbonyl (C=O) groups excluding carboxylic acids is 1. The standard InChI is InChI=1S/C17H19N3O3/c1-12-14(9-18)17(20-7-3-2-6-15(12)20)19-16(21)11-22-10-13-5-4-8-23-13/h2-3,6-7,13H,4-5,8,10-11H2,1H3,(H,19,21). The summed E-state index contributed by atoms with van der Waals surface area (Å²) in [6.07, 6.45) is 3.93. The van der Waals surface area contributed by atoms with Crippen LogP contribution in [0.5, 0.6) is 0 Å². The number of aryl methyl sites for hydroxylation is 1. The van der Waals surface area contributed by atoms with Crippen LogP contribution >= 0.6 is 0 Å². The Labute approximate surface area is 134 Å². The molecule has 120 valence electrons. The number of nitrogens with zero attached hydrogens (tertiary/aromatic N) is 2. The van der Waals surface area contributed by atoms with Crippen molar-refractivity contribution in [2.75, 3.05) is 25.1 Å². The zero-order valence-corrected chi connectivity index (χ0v) is 13.0. The number of hydrogen-bond donors (Lipinski definition) is 1. The summed E-state index contributed by atoms with van der Waals surface area (Å²) in [5, 5.41) is 12.2. The molecule has 1 aliphatic rings. The van der Waals surface area contributed by atoms with Crippen LogP contribution in [0.3, 0.4) is 0 Å². The highest BCUT2D eigenvalue weighted by Crippen LogP contribution is 2.26. The molecule has 1 unspecified atom stereocenters. The summed E-state index contributed by atoms with van der Waals surface area (Å²) in [5.41, 5.74) is 2.23. The van der Waals surface area contributed by atoms with Gasteiger partial charge in [-0.3, -0.25) is 4.79 Å². The zero-order chi connectivity index (χ0) is 16.2. The number of hydrogen-bond acceptors (Lipinski definition) is 4. The first-order valence-electron chi connectivity index (χ1n) is 7.69. The molecule has 2 aromatic heterocycles. The third-order valence-corrected chi connectivity index (χ3v) is 4.03. The molecular formula is C17H19N3O3. The fourth-order valence-corrected chi connectivity index (χ4v) is 2.86. The number of nitrogens with one attached hydrogen (secondary N) is 1. The van der Waals surface area contributed by atoms with Crippen molar-refractivity contribution in [1.29, 1.82) is 5.26 Å². The number of anilines is 1. The van der Waals surface area contributed by atoms with Crippen LogP contribution in [0.2, 0.25) is 0 Å². The molecule has 0 spiro atoms. The van der Waals surface area contributed by atoms with Crippen LogP contribution in [0.25, 0.3) is 5.52 Å². The molecule has 0 aliphatic carbocycles. The van der Waals surface area contributed by atoms with Crippen LogP contribution in [-0.2, 0) is 14.3 Å². The second-order valence-corrected chi connectivity index (χ2v) is 5.61. The molecule has 6 nitrogen and oxygen atoms in total. The van der Waals surface area contributed by atoms with Crippen LogP contribution in [0.15, 0.2) is 24.4 Å². The Bertz CT molecular complexity index is 754. The monoisotopic (exact) mass is 313 g/mol. The van der Waals surface area contributed by atoms with Gasteiger partial charge < -0.3 is 19.2 Å². The van der Waals surface area contributed by atoms with Gasteiger partial charge in [-0.1, -0.05) is 6.07 Å². The third kappa shape index (κ3) is 3.21. The Morgan fingerprint density at radius 3 is 3.17 bits per heavy atom. The number of ether oxygens (including phenoxy) is 2. The lowest BCUT2D eigenvalue weighted by Crippen LogP contribution is -2.23. The van der Waals surface area contributed by atoms with Gasteiger partial charge in [-0.2, -0.15) is 5.26 Å². The Morgan fingerprint density at radius 2 is 2.43 bits per heavy atom. The van der Waals surface area contributed by atoms with Crippen molar-refractivity contribution in [3.05, 3.63) is 35.5 Å². The average molecular weight is 313 g/mol. The number of rotatable bonds is 5. The van der Waals surface area contributed by atoms with E-state index in [0.717, 1.165) is 30.5 Å². The predicted molar refractivity (Wildman–Crippen MR) is 85.3 cm³/mol. The Kier molecular flexibility index (Phi) is 4.60. The molecule has 0 saturated carbocycles. The topological polar surface area (TPSA) is 75.8 Å². The van der Waals surface area contributed by atoms with Crippen molar-refractivity contribution in [3.8, 4) is 6.07 Å². The SMILES string of the molecule is Cc1c(C#N)c(NC(=O)COCC2CCCO2)n2ccccc12. The van der Waals surface area contributed by atoms with E-state index in [4.69, 9.17) is 9.47 Å². The molecule has 1 saturated heterocycles. The van der Waals surface area contributed by atoms with Crippen molar-refractivity contribution in [1.82, 2.24) is 4.40 Å². The average Bonchev–Trinajstić information content (AvgIpc) is 3.15. The molecule has 1 aliphatic heterocycles. The molecule has 3 heterocycles. The molecule has 1 atom stereocenters. The van der Waals surface area contributed by atoms with E-state index in [1.54, 1.807) is 0 Å². The van der Waals surface area contributed by atoms with Gasteiger partial charge in [-0.25, -0.2) is 0 Å². The molecule has 3 rings (SSSR count). The van der Waals surface area contributed by atoms with E-state index in [2.05, 4.69) is 11.4 Å². The van der Waals surface area contributed by atoms with E-state index in [-0.39, 0.29) is 18.6 Å². The lowest BCUT2D eigenvalue weighted by Gasteiger charge is -2.10. The van der Waals surface area contributed by atoms with Gasteiger partial charge in [0.1, 0.15) is 18.5 Å². The lowest BCUT2D eigenvalue weighted by atomic mass is 10.2. The van der Waals surface area contributed by atoms with Gasteiger partial charge in [0.2, 0.25) is 0 Å². The maximum Gasteiger partial charge on any atom is 0.251 e. The molecule has 1 N–H and O–H groups in total. The summed E-state index contributed by atoms with van der Waals surface area (Å²) in [6, 6.07) is 7.84. The number of carbonyl (C=O) groups is 1. The predicted octanol–water partition coefficient (Wildman–Crippen LogP) is 2.25. The van der Waals surface area contributed by atoms with E-state index < -0.39 is 0 Å². The van der Waals surface area contributed by atoms with Gasteiger partial charge in [-0.05, 0) is 37.5 Å². The Hall–Kier alpha value is -2.36. The molecule has 1 amide bonds. The zero-order valence-electron chi connectivity index (χ0n) is 13.0. The Morgan fingerprint density at radius 1 is 1.57 bits per heavy atom. The summed E-state index contributed by atoms with van der Waals surface area (Å²) in [5.74, 6) is 0.217. The van der Waals surface area contributed by atoms with Crippen LogP contribution < -0.4 is 5.32 Å². The first-order chi connectivity index (χ1) is 11.2. The highest BCUT2D eigenvalue weighted by atomic mass is 16.5. The molecule has 1 fully saturated rings. The van der Waals surface area contributed by atoms with Crippen LogP contribution in [-0.4, -0.2) is 36.2 Å².